The van der Waals surface area contributed by atoms with Crippen molar-refractivity contribution in [1.29, 1.82) is 5.26 Å². The van der Waals surface area contributed by atoms with E-state index in [2.05, 4.69) is 38.1 Å². The molecule has 8 nitrogen and oxygen atoms in total. The van der Waals surface area contributed by atoms with Crippen molar-refractivity contribution >= 4 is 71.6 Å². The predicted octanol–water partition coefficient (Wildman–Crippen LogP) is 7.00. The summed E-state index contributed by atoms with van der Waals surface area (Å²) in [6.07, 6.45) is 5.34. The van der Waals surface area contributed by atoms with Crippen molar-refractivity contribution in [1.82, 2.24) is 10.6 Å². The van der Waals surface area contributed by atoms with Crippen LogP contribution in [0.25, 0.3) is 0 Å². The van der Waals surface area contributed by atoms with E-state index in [-0.39, 0.29) is 51.5 Å². The van der Waals surface area contributed by atoms with Crippen molar-refractivity contribution in [2.75, 3.05) is 7.11 Å². The first kappa shape index (κ1) is 34.5. The molecule has 2 amide bonds. The summed E-state index contributed by atoms with van der Waals surface area (Å²) < 4.78 is 13.9. The van der Waals surface area contributed by atoms with E-state index in [4.69, 9.17) is 37.4 Å². The Bertz CT molecular complexity index is 1490. The standard InChI is InChI=1S/C16H18ClNO3.C15H15ClN2O.Cl2OS/c1-10(14(20)21-2)15-7-16(8-15,9-15)18-13(19)11-4-3-5-12(17)6-11;1-10(6-17)14-7-15(8-14,9-14)18-13(19)11-3-2-4-12(16)5-11;1-4(2)3/h3-6,10H,7-9H2,1-2H3,(H,18,19);2-5,10H,7-9H2,1H3,(H,18,19);. The molecule has 6 fully saturated rings. The molecule has 236 valence electrons. The summed E-state index contributed by atoms with van der Waals surface area (Å²) in [6.45, 7) is 3.88. The average molecular weight is 702 g/mol. The maximum absolute atomic E-state index is 12.2. The fourth-order valence-electron chi connectivity index (χ4n) is 7.37. The monoisotopic (exact) mass is 699 g/mol. The number of benzene rings is 2. The van der Waals surface area contributed by atoms with Gasteiger partial charge in [0.25, 0.3) is 11.8 Å². The summed E-state index contributed by atoms with van der Waals surface area (Å²) >= 11 is 11.8. The van der Waals surface area contributed by atoms with Crippen molar-refractivity contribution in [2.24, 2.45) is 22.7 Å². The molecule has 8 rings (SSSR count). The van der Waals surface area contributed by atoms with Crippen LogP contribution < -0.4 is 10.6 Å². The van der Waals surface area contributed by atoms with E-state index < -0.39 is 9.23 Å². The van der Waals surface area contributed by atoms with Gasteiger partial charge in [-0.15, -0.1) is 0 Å². The highest BCUT2D eigenvalue weighted by atomic mass is 36.0. The van der Waals surface area contributed by atoms with E-state index >= 15 is 0 Å². The molecule has 0 heterocycles. The van der Waals surface area contributed by atoms with E-state index in [0.29, 0.717) is 21.2 Å². The number of carbonyl (C=O) groups is 3. The second-order valence-electron chi connectivity index (χ2n) is 12.6. The normalized spacial score (nSPS) is 29.4. The fraction of sp³-hybridized carbons (Fsp3) is 0.484. The van der Waals surface area contributed by atoms with Gasteiger partial charge in [-0.25, -0.2) is 4.21 Å². The van der Waals surface area contributed by atoms with Gasteiger partial charge in [0, 0.05) is 59.5 Å². The van der Waals surface area contributed by atoms with Crippen LogP contribution in [0.15, 0.2) is 48.5 Å². The number of hydrogen-bond donors (Lipinski definition) is 2. The van der Waals surface area contributed by atoms with Crippen LogP contribution in [-0.4, -0.2) is 40.2 Å². The maximum atomic E-state index is 12.2. The number of nitriles is 1. The van der Waals surface area contributed by atoms with Crippen LogP contribution in [0.2, 0.25) is 10.0 Å². The molecule has 0 spiro atoms. The number of ether oxygens (including phenoxy) is 1. The number of hydrogen-bond acceptors (Lipinski definition) is 6. The Labute approximate surface area is 278 Å². The zero-order valence-corrected chi connectivity index (χ0v) is 28.3. The van der Waals surface area contributed by atoms with Crippen molar-refractivity contribution in [3.63, 3.8) is 0 Å². The SMILES string of the molecule is CC(C#N)C12CC(NC(=O)c3cccc(Cl)c3)(C1)C2.COC(=O)C(C)C12CC(NC(=O)c3cccc(Cl)c3)(C1)C2.O=S(Cl)Cl. The van der Waals surface area contributed by atoms with Crippen LogP contribution >= 0.6 is 44.6 Å². The van der Waals surface area contributed by atoms with Gasteiger partial charge in [-0.05, 0) is 92.7 Å². The van der Waals surface area contributed by atoms with Gasteiger partial charge in [0.15, 0.2) is 0 Å². The molecule has 4 bridgehead atoms. The first-order valence-electron chi connectivity index (χ1n) is 14.0. The van der Waals surface area contributed by atoms with Crippen molar-refractivity contribution < 1.29 is 23.3 Å². The van der Waals surface area contributed by atoms with Gasteiger partial charge in [0.1, 0.15) is 0 Å². The lowest BCUT2D eigenvalue weighted by atomic mass is 9.36. The number of amides is 2. The summed E-state index contributed by atoms with van der Waals surface area (Å²) in [5, 5.41) is 16.3. The van der Waals surface area contributed by atoms with Gasteiger partial charge in [-0.2, -0.15) is 5.26 Å². The minimum atomic E-state index is -1.67. The second kappa shape index (κ2) is 13.2. The molecule has 6 aliphatic rings. The summed E-state index contributed by atoms with van der Waals surface area (Å²) in [5.41, 5.74) is 1.15. The number of esters is 1. The first-order valence-corrected chi connectivity index (χ1v) is 17.6. The van der Waals surface area contributed by atoms with E-state index in [0.717, 1.165) is 38.5 Å². The van der Waals surface area contributed by atoms with Crippen molar-refractivity contribution in [3.8, 4) is 6.07 Å². The number of nitrogens with zero attached hydrogens (tertiary/aromatic N) is 1. The van der Waals surface area contributed by atoms with Crippen molar-refractivity contribution in [3.05, 3.63) is 69.7 Å². The Balaban J connectivity index is 0.000000180. The Morgan fingerprint density at radius 1 is 0.841 bits per heavy atom. The number of nitrogens with one attached hydrogen (secondary N) is 2. The largest absolute Gasteiger partial charge is 0.469 e. The lowest BCUT2D eigenvalue weighted by Gasteiger charge is -2.72. The highest BCUT2D eigenvalue weighted by Crippen LogP contribution is 2.71. The van der Waals surface area contributed by atoms with Gasteiger partial charge in [-0.1, -0.05) is 42.3 Å². The first-order chi connectivity index (χ1) is 20.6. The molecule has 6 saturated carbocycles. The van der Waals surface area contributed by atoms with Crippen molar-refractivity contribution in [2.45, 2.75) is 63.5 Å². The van der Waals surface area contributed by atoms with E-state index in [1.165, 1.54) is 7.11 Å². The summed E-state index contributed by atoms with van der Waals surface area (Å²) in [7, 11) is 8.78. The molecule has 0 aromatic heterocycles. The average Bonchev–Trinajstić information content (AvgIpc) is 2.89. The van der Waals surface area contributed by atoms with Gasteiger partial charge < -0.3 is 15.4 Å². The molecule has 2 N–H and O–H groups in total. The molecule has 6 aliphatic carbocycles. The predicted molar refractivity (Wildman–Crippen MR) is 172 cm³/mol. The van der Waals surface area contributed by atoms with Crippen LogP contribution in [0.5, 0.6) is 0 Å². The minimum Gasteiger partial charge on any atom is -0.469 e. The Kier molecular flexibility index (Phi) is 10.3. The molecule has 2 aromatic rings. The third kappa shape index (κ3) is 7.05. The number of halogens is 4. The molecule has 13 heteroatoms. The number of methoxy groups -OCH3 is 1. The highest BCUT2D eigenvalue weighted by molar-refractivity contribution is 8.26. The van der Waals surface area contributed by atoms with E-state index in [1.54, 1.807) is 48.5 Å². The van der Waals surface area contributed by atoms with E-state index in [9.17, 15) is 14.4 Å². The van der Waals surface area contributed by atoms with Gasteiger partial charge >= 0.3 is 5.97 Å². The zero-order chi connectivity index (χ0) is 32.5. The van der Waals surface area contributed by atoms with Crippen LogP contribution in [0.4, 0.5) is 0 Å². The number of carbonyl (C=O) groups excluding carboxylic acids is 3. The quantitative estimate of drug-likeness (QED) is 0.237. The smallest absolute Gasteiger partial charge is 0.308 e. The third-order valence-electron chi connectivity index (χ3n) is 9.66. The molecular weight excluding hydrogens is 668 g/mol. The molecule has 2 aromatic carbocycles. The maximum Gasteiger partial charge on any atom is 0.308 e. The van der Waals surface area contributed by atoms with Gasteiger partial charge in [0.05, 0.1) is 19.1 Å². The Morgan fingerprint density at radius 3 is 1.57 bits per heavy atom. The lowest BCUT2D eigenvalue weighted by molar-refractivity contribution is -0.197. The molecule has 2 unspecified atom stereocenters. The number of rotatable bonds is 7. The zero-order valence-electron chi connectivity index (χ0n) is 24.4. The van der Waals surface area contributed by atoms with E-state index in [1.807, 2.05) is 13.8 Å². The van der Waals surface area contributed by atoms with Gasteiger partial charge in [-0.3, -0.25) is 14.4 Å². The highest BCUT2D eigenvalue weighted by Gasteiger charge is 2.72. The molecule has 0 radical (unpaired) electrons. The molecule has 2 atom stereocenters. The minimum absolute atomic E-state index is 0.0225. The van der Waals surface area contributed by atoms with Crippen LogP contribution in [0.1, 0.15) is 73.1 Å². The fourth-order valence-corrected chi connectivity index (χ4v) is 7.75. The Morgan fingerprint density at radius 2 is 1.23 bits per heavy atom. The molecule has 44 heavy (non-hydrogen) atoms. The second-order valence-corrected chi connectivity index (χ2v) is 16.0. The van der Waals surface area contributed by atoms with Gasteiger partial charge in [0.2, 0.25) is 9.23 Å². The third-order valence-corrected chi connectivity index (χ3v) is 10.1. The van der Waals surface area contributed by atoms with Crippen LogP contribution in [0.3, 0.4) is 0 Å². The van der Waals surface area contributed by atoms with Crippen LogP contribution in [0, 0.1) is 34.0 Å². The summed E-state index contributed by atoms with van der Waals surface area (Å²) in [5.74, 6) is -0.355. The Hall–Kier alpha value is -2.35. The topological polar surface area (TPSA) is 125 Å². The summed E-state index contributed by atoms with van der Waals surface area (Å²) in [4.78, 5) is 36.0. The molecule has 0 saturated heterocycles. The molecule has 0 aliphatic heterocycles. The lowest BCUT2D eigenvalue weighted by Crippen LogP contribution is -2.77. The van der Waals surface area contributed by atoms with Crippen LogP contribution in [-0.2, 0) is 18.8 Å². The molecular formula is C31H33Cl4N3O5S. The summed E-state index contributed by atoms with van der Waals surface area (Å²) in [6, 6.07) is 16.2.